The zero-order chi connectivity index (χ0) is 12.5. The van der Waals surface area contributed by atoms with Gasteiger partial charge < -0.3 is 10.4 Å². The van der Waals surface area contributed by atoms with Crippen LogP contribution < -0.4 is 5.32 Å². The molecule has 0 saturated carbocycles. The lowest BCUT2D eigenvalue weighted by Crippen LogP contribution is -2.20. The lowest BCUT2D eigenvalue weighted by Gasteiger charge is -2.12. The van der Waals surface area contributed by atoms with Crippen molar-refractivity contribution in [1.82, 2.24) is 4.98 Å². The predicted molar refractivity (Wildman–Crippen MR) is 64.2 cm³/mol. The lowest BCUT2D eigenvalue weighted by atomic mass is 10.1. The molecule has 1 rings (SSSR count). The fourth-order valence-corrected chi connectivity index (χ4v) is 1.33. The van der Waals surface area contributed by atoms with Gasteiger partial charge in [0.25, 0.3) is 5.91 Å². The quantitative estimate of drug-likeness (QED) is 0.805. The second kappa shape index (κ2) is 4.89. The van der Waals surface area contributed by atoms with E-state index in [2.05, 4.69) is 10.3 Å². The average Bonchev–Trinajstić information content (AvgIpc) is 2.22. The number of carbonyl (C=O) groups excluding carboxylic acids is 1. The van der Waals surface area contributed by atoms with Gasteiger partial charge in [-0.1, -0.05) is 23.2 Å². The third-order valence-corrected chi connectivity index (χ3v) is 2.73. The van der Waals surface area contributed by atoms with Gasteiger partial charge in [0.1, 0.15) is 11.6 Å². The molecule has 0 bridgehead atoms. The van der Waals surface area contributed by atoms with E-state index in [9.17, 15) is 9.90 Å². The first-order chi connectivity index (χ1) is 7.34. The number of amides is 1. The van der Waals surface area contributed by atoms with Gasteiger partial charge in [0.2, 0.25) is 0 Å². The minimum Gasteiger partial charge on any atom is -0.506 e. The lowest BCUT2D eigenvalue weighted by molar-refractivity contribution is -0.114. The van der Waals surface area contributed by atoms with Gasteiger partial charge in [0, 0.05) is 0 Å². The normalized spacial score (nSPS) is 10.6. The SMILES string of the molecule is Cc1nc(NC(=O)C(Cl)Cl)c(C)c(C)c1O. The van der Waals surface area contributed by atoms with Crippen LogP contribution in [0.5, 0.6) is 5.75 Å². The number of anilines is 1. The van der Waals surface area contributed by atoms with Crippen LogP contribution in [0.15, 0.2) is 0 Å². The van der Waals surface area contributed by atoms with Crippen LogP contribution in [0.1, 0.15) is 16.8 Å². The zero-order valence-electron chi connectivity index (χ0n) is 9.14. The van der Waals surface area contributed by atoms with E-state index in [0.29, 0.717) is 22.6 Å². The van der Waals surface area contributed by atoms with Gasteiger partial charge >= 0.3 is 0 Å². The molecular weight excluding hydrogens is 251 g/mol. The second-order valence-electron chi connectivity index (χ2n) is 3.43. The standard InChI is InChI=1S/C10H12Cl2N2O2/c1-4-5(2)9(13-6(3)7(4)15)14-10(16)8(11)12/h8,15H,1-3H3,(H,13,14,16). The van der Waals surface area contributed by atoms with Gasteiger partial charge in [-0.05, 0) is 31.9 Å². The number of halogens is 2. The van der Waals surface area contributed by atoms with Crippen LogP contribution in [-0.4, -0.2) is 20.8 Å². The number of alkyl halides is 2. The van der Waals surface area contributed by atoms with Crippen LogP contribution in [0.2, 0.25) is 0 Å². The van der Waals surface area contributed by atoms with E-state index in [0.717, 1.165) is 0 Å². The van der Waals surface area contributed by atoms with Crippen molar-refractivity contribution in [3.05, 3.63) is 16.8 Å². The summed E-state index contributed by atoms with van der Waals surface area (Å²) in [5.74, 6) is -0.0451. The Kier molecular flexibility index (Phi) is 3.99. The van der Waals surface area contributed by atoms with Crippen molar-refractivity contribution in [1.29, 1.82) is 0 Å². The van der Waals surface area contributed by atoms with Gasteiger partial charge in [-0.25, -0.2) is 4.98 Å². The highest BCUT2D eigenvalue weighted by atomic mass is 35.5. The Balaban J connectivity index is 3.11. The topological polar surface area (TPSA) is 62.2 Å². The number of rotatable bonds is 2. The Hall–Kier alpha value is -1.00. The summed E-state index contributed by atoms with van der Waals surface area (Å²) in [7, 11) is 0. The molecule has 0 unspecified atom stereocenters. The van der Waals surface area contributed by atoms with E-state index in [1.165, 1.54) is 0 Å². The number of nitrogens with one attached hydrogen (secondary N) is 1. The van der Waals surface area contributed by atoms with Gasteiger partial charge in [-0.3, -0.25) is 4.79 Å². The molecule has 0 aliphatic heterocycles. The van der Waals surface area contributed by atoms with Crippen molar-refractivity contribution in [2.24, 2.45) is 0 Å². The van der Waals surface area contributed by atoms with Gasteiger partial charge in [0.05, 0.1) is 5.69 Å². The van der Waals surface area contributed by atoms with Gasteiger partial charge in [-0.15, -0.1) is 0 Å². The first kappa shape index (κ1) is 13.1. The second-order valence-corrected chi connectivity index (χ2v) is 4.53. The fraction of sp³-hybridized carbons (Fsp3) is 0.400. The third kappa shape index (κ3) is 2.57. The Labute approximate surface area is 104 Å². The summed E-state index contributed by atoms with van der Waals surface area (Å²) in [5.41, 5.74) is 1.80. The van der Waals surface area contributed by atoms with E-state index in [1.807, 2.05) is 0 Å². The number of hydrogen-bond acceptors (Lipinski definition) is 3. The highest BCUT2D eigenvalue weighted by Crippen LogP contribution is 2.27. The Morgan fingerprint density at radius 3 is 2.38 bits per heavy atom. The maximum Gasteiger partial charge on any atom is 0.258 e. The number of carbonyl (C=O) groups is 1. The minimum atomic E-state index is -1.14. The van der Waals surface area contributed by atoms with Crippen molar-refractivity contribution in [2.75, 3.05) is 5.32 Å². The molecule has 6 heteroatoms. The first-order valence-electron chi connectivity index (χ1n) is 4.60. The number of aromatic hydroxyl groups is 1. The summed E-state index contributed by atoms with van der Waals surface area (Å²) < 4.78 is 0. The molecule has 88 valence electrons. The first-order valence-corrected chi connectivity index (χ1v) is 5.47. The van der Waals surface area contributed by atoms with Crippen molar-refractivity contribution < 1.29 is 9.90 Å². The van der Waals surface area contributed by atoms with Crippen molar-refractivity contribution in [3.8, 4) is 5.75 Å². The van der Waals surface area contributed by atoms with Crippen LogP contribution in [0, 0.1) is 20.8 Å². The fourth-order valence-electron chi connectivity index (χ4n) is 1.22. The summed E-state index contributed by atoms with van der Waals surface area (Å²) in [6.07, 6.45) is 0. The Bertz CT molecular complexity index is 433. The number of aryl methyl sites for hydroxylation is 1. The predicted octanol–water partition coefficient (Wildman–Crippen LogP) is 2.45. The summed E-state index contributed by atoms with van der Waals surface area (Å²) in [6, 6.07) is 0. The molecule has 1 aromatic rings. The number of pyridine rings is 1. The Morgan fingerprint density at radius 1 is 1.31 bits per heavy atom. The zero-order valence-corrected chi connectivity index (χ0v) is 10.6. The van der Waals surface area contributed by atoms with E-state index in [1.54, 1.807) is 20.8 Å². The summed E-state index contributed by atoms with van der Waals surface area (Å²) in [4.78, 5) is 14.2. The number of hydrogen-bond donors (Lipinski definition) is 2. The minimum absolute atomic E-state index is 0.129. The van der Waals surface area contributed by atoms with E-state index < -0.39 is 10.7 Å². The molecule has 2 N–H and O–H groups in total. The molecular formula is C10H12Cl2N2O2. The largest absolute Gasteiger partial charge is 0.506 e. The smallest absolute Gasteiger partial charge is 0.258 e. The molecule has 1 amide bonds. The summed E-state index contributed by atoms with van der Waals surface area (Å²) >= 11 is 10.8. The molecule has 0 aromatic carbocycles. The molecule has 4 nitrogen and oxygen atoms in total. The molecule has 0 fully saturated rings. The van der Waals surface area contributed by atoms with Gasteiger partial charge in [0.15, 0.2) is 4.84 Å². The molecule has 1 heterocycles. The molecule has 1 aromatic heterocycles. The maximum atomic E-state index is 11.3. The van der Waals surface area contributed by atoms with Crippen LogP contribution in [-0.2, 0) is 4.79 Å². The van der Waals surface area contributed by atoms with E-state index in [-0.39, 0.29) is 5.75 Å². The van der Waals surface area contributed by atoms with Crippen molar-refractivity contribution in [3.63, 3.8) is 0 Å². The highest BCUT2D eigenvalue weighted by molar-refractivity contribution is 6.54. The average molecular weight is 263 g/mol. The van der Waals surface area contributed by atoms with Crippen LogP contribution in [0.3, 0.4) is 0 Å². The monoisotopic (exact) mass is 262 g/mol. The molecule has 0 saturated heterocycles. The summed E-state index contributed by atoms with van der Waals surface area (Å²) in [5, 5.41) is 12.1. The Morgan fingerprint density at radius 2 is 1.88 bits per heavy atom. The highest BCUT2D eigenvalue weighted by Gasteiger charge is 2.16. The molecule has 0 atom stereocenters. The molecule has 16 heavy (non-hydrogen) atoms. The van der Waals surface area contributed by atoms with E-state index >= 15 is 0 Å². The third-order valence-electron chi connectivity index (χ3n) is 2.33. The van der Waals surface area contributed by atoms with Crippen LogP contribution in [0.25, 0.3) is 0 Å². The van der Waals surface area contributed by atoms with Crippen molar-refractivity contribution >= 4 is 34.9 Å². The van der Waals surface area contributed by atoms with Gasteiger partial charge in [-0.2, -0.15) is 0 Å². The maximum absolute atomic E-state index is 11.3. The molecule has 0 spiro atoms. The summed E-state index contributed by atoms with van der Waals surface area (Å²) in [6.45, 7) is 5.14. The molecule has 0 aliphatic carbocycles. The van der Waals surface area contributed by atoms with Crippen LogP contribution >= 0.6 is 23.2 Å². The van der Waals surface area contributed by atoms with E-state index in [4.69, 9.17) is 23.2 Å². The molecule has 0 aliphatic rings. The molecule has 0 radical (unpaired) electrons. The van der Waals surface area contributed by atoms with Crippen molar-refractivity contribution in [2.45, 2.75) is 25.6 Å². The number of aromatic nitrogens is 1. The number of nitrogens with zero attached hydrogens (tertiary/aromatic N) is 1. The van der Waals surface area contributed by atoms with Crippen LogP contribution in [0.4, 0.5) is 5.82 Å².